The third-order valence-corrected chi connectivity index (χ3v) is 4.69. The summed E-state index contributed by atoms with van der Waals surface area (Å²) in [4.78, 5) is 14.6. The molecule has 1 aliphatic rings. The standard InChI is InChI=1S/C19H25FN4O/c1-15-6-12-24(22-15)13-9-21-19(25)17-7-10-23(11-8-17)14-16-2-4-18(20)5-3-16/h2-6,12,17H,7-11,13-14H2,1H3,(H,21,25). The fourth-order valence-corrected chi connectivity index (χ4v) is 3.23. The van der Waals surface area contributed by atoms with Gasteiger partial charge in [-0.15, -0.1) is 0 Å². The maximum atomic E-state index is 13.0. The fourth-order valence-electron chi connectivity index (χ4n) is 3.23. The van der Waals surface area contributed by atoms with Gasteiger partial charge in [0.1, 0.15) is 5.82 Å². The van der Waals surface area contributed by atoms with Crippen LogP contribution in [0.5, 0.6) is 0 Å². The first-order chi connectivity index (χ1) is 12.1. The third-order valence-electron chi connectivity index (χ3n) is 4.69. The van der Waals surface area contributed by atoms with Gasteiger partial charge in [-0.3, -0.25) is 14.4 Å². The zero-order chi connectivity index (χ0) is 17.6. The van der Waals surface area contributed by atoms with Crippen LogP contribution < -0.4 is 5.32 Å². The van der Waals surface area contributed by atoms with E-state index in [0.29, 0.717) is 13.1 Å². The molecule has 1 saturated heterocycles. The number of nitrogens with one attached hydrogen (secondary N) is 1. The van der Waals surface area contributed by atoms with Crippen molar-refractivity contribution in [3.8, 4) is 0 Å². The molecule has 1 aliphatic heterocycles. The average molecular weight is 344 g/mol. The first-order valence-corrected chi connectivity index (χ1v) is 8.85. The van der Waals surface area contributed by atoms with Crippen LogP contribution in [0.1, 0.15) is 24.1 Å². The molecule has 1 fully saturated rings. The highest BCUT2D eigenvalue weighted by atomic mass is 19.1. The highest BCUT2D eigenvalue weighted by Gasteiger charge is 2.24. The van der Waals surface area contributed by atoms with Crippen LogP contribution in [0.4, 0.5) is 4.39 Å². The molecule has 25 heavy (non-hydrogen) atoms. The maximum absolute atomic E-state index is 13.0. The Morgan fingerprint density at radius 1 is 1.24 bits per heavy atom. The molecule has 1 aromatic carbocycles. The minimum atomic E-state index is -0.204. The van der Waals surface area contributed by atoms with Crippen LogP contribution in [0.3, 0.4) is 0 Å². The van der Waals surface area contributed by atoms with Crippen molar-refractivity contribution in [3.63, 3.8) is 0 Å². The lowest BCUT2D eigenvalue weighted by molar-refractivity contribution is -0.126. The summed E-state index contributed by atoms with van der Waals surface area (Å²) in [6.45, 7) is 5.86. The van der Waals surface area contributed by atoms with Gasteiger partial charge in [-0.05, 0) is 56.6 Å². The van der Waals surface area contributed by atoms with Gasteiger partial charge >= 0.3 is 0 Å². The molecule has 0 aliphatic carbocycles. The van der Waals surface area contributed by atoms with Gasteiger partial charge in [-0.1, -0.05) is 12.1 Å². The van der Waals surface area contributed by atoms with E-state index in [1.807, 2.05) is 36.0 Å². The minimum Gasteiger partial charge on any atom is -0.354 e. The number of aromatic nitrogens is 2. The molecule has 0 radical (unpaired) electrons. The van der Waals surface area contributed by atoms with Crippen molar-refractivity contribution >= 4 is 5.91 Å². The van der Waals surface area contributed by atoms with E-state index >= 15 is 0 Å². The van der Waals surface area contributed by atoms with E-state index in [4.69, 9.17) is 0 Å². The largest absolute Gasteiger partial charge is 0.354 e. The SMILES string of the molecule is Cc1ccn(CCNC(=O)C2CCN(Cc3ccc(F)cc3)CC2)n1. The molecule has 0 spiro atoms. The van der Waals surface area contributed by atoms with Gasteiger partial charge in [0.15, 0.2) is 0 Å². The summed E-state index contributed by atoms with van der Waals surface area (Å²) in [6, 6.07) is 8.60. The molecule has 0 atom stereocenters. The number of carbonyl (C=O) groups excluding carboxylic acids is 1. The summed E-state index contributed by atoms with van der Waals surface area (Å²) >= 11 is 0. The second kappa shape index (κ2) is 8.25. The number of hydrogen-bond acceptors (Lipinski definition) is 3. The normalized spacial score (nSPS) is 16.1. The maximum Gasteiger partial charge on any atom is 0.223 e. The van der Waals surface area contributed by atoms with Crippen molar-refractivity contribution in [2.75, 3.05) is 19.6 Å². The van der Waals surface area contributed by atoms with Crippen molar-refractivity contribution in [1.82, 2.24) is 20.0 Å². The van der Waals surface area contributed by atoms with Crippen molar-refractivity contribution < 1.29 is 9.18 Å². The Labute approximate surface area is 147 Å². The summed E-state index contributed by atoms with van der Waals surface area (Å²) in [5.41, 5.74) is 2.10. The molecular formula is C19H25FN4O. The Hall–Kier alpha value is -2.21. The van der Waals surface area contributed by atoms with Gasteiger partial charge in [0.05, 0.1) is 12.2 Å². The Morgan fingerprint density at radius 2 is 1.96 bits per heavy atom. The minimum absolute atomic E-state index is 0.0869. The number of piperidine rings is 1. The van der Waals surface area contributed by atoms with Crippen LogP contribution in [0.15, 0.2) is 36.5 Å². The zero-order valence-corrected chi connectivity index (χ0v) is 14.6. The predicted molar refractivity (Wildman–Crippen MR) is 94.4 cm³/mol. The Morgan fingerprint density at radius 3 is 2.60 bits per heavy atom. The van der Waals surface area contributed by atoms with E-state index in [2.05, 4.69) is 15.3 Å². The van der Waals surface area contributed by atoms with Crippen LogP contribution in [0, 0.1) is 18.7 Å². The van der Waals surface area contributed by atoms with E-state index < -0.39 is 0 Å². The zero-order valence-electron chi connectivity index (χ0n) is 14.6. The number of likely N-dealkylation sites (tertiary alicyclic amines) is 1. The Kier molecular flexibility index (Phi) is 5.81. The third kappa shape index (κ3) is 5.13. The number of aryl methyl sites for hydroxylation is 1. The average Bonchev–Trinajstić information content (AvgIpc) is 3.03. The van der Waals surface area contributed by atoms with Gasteiger partial charge in [-0.2, -0.15) is 5.10 Å². The monoisotopic (exact) mass is 344 g/mol. The number of halogens is 1. The van der Waals surface area contributed by atoms with Crippen LogP contribution in [-0.4, -0.2) is 40.2 Å². The van der Waals surface area contributed by atoms with Crippen LogP contribution in [0.2, 0.25) is 0 Å². The molecule has 134 valence electrons. The van der Waals surface area contributed by atoms with Gasteiger partial charge in [0, 0.05) is 25.2 Å². The molecule has 5 nitrogen and oxygen atoms in total. The summed E-state index contributed by atoms with van der Waals surface area (Å²) in [7, 11) is 0. The number of carbonyl (C=O) groups is 1. The predicted octanol–water partition coefficient (Wildman–Crippen LogP) is 2.36. The van der Waals surface area contributed by atoms with Crippen molar-refractivity contribution in [2.24, 2.45) is 5.92 Å². The topological polar surface area (TPSA) is 50.2 Å². The first kappa shape index (κ1) is 17.6. The molecule has 1 amide bonds. The summed E-state index contributed by atoms with van der Waals surface area (Å²) in [5, 5.41) is 7.33. The van der Waals surface area contributed by atoms with Gasteiger partial charge in [-0.25, -0.2) is 4.39 Å². The lowest BCUT2D eigenvalue weighted by atomic mass is 9.95. The number of benzene rings is 1. The second-order valence-electron chi connectivity index (χ2n) is 6.69. The molecule has 1 aromatic heterocycles. The molecular weight excluding hydrogens is 319 g/mol. The molecule has 3 rings (SSSR count). The summed E-state index contributed by atoms with van der Waals surface area (Å²) < 4.78 is 14.8. The van der Waals surface area contributed by atoms with Gasteiger partial charge < -0.3 is 5.32 Å². The van der Waals surface area contributed by atoms with Gasteiger partial charge in [0.2, 0.25) is 5.91 Å². The van der Waals surface area contributed by atoms with Crippen LogP contribution in [-0.2, 0) is 17.9 Å². The van der Waals surface area contributed by atoms with E-state index in [-0.39, 0.29) is 17.6 Å². The highest BCUT2D eigenvalue weighted by molar-refractivity contribution is 5.78. The number of nitrogens with zero attached hydrogens (tertiary/aromatic N) is 3. The molecule has 2 aromatic rings. The summed E-state index contributed by atoms with van der Waals surface area (Å²) in [6.07, 6.45) is 3.66. The lowest BCUT2D eigenvalue weighted by Crippen LogP contribution is -2.41. The number of hydrogen-bond donors (Lipinski definition) is 1. The van der Waals surface area contributed by atoms with E-state index in [1.165, 1.54) is 12.1 Å². The van der Waals surface area contributed by atoms with Gasteiger partial charge in [0.25, 0.3) is 0 Å². The van der Waals surface area contributed by atoms with Crippen molar-refractivity contribution in [3.05, 3.63) is 53.6 Å². The number of amides is 1. The van der Waals surface area contributed by atoms with Crippen molar-refractivity contribution in [1.29, 1.82) is 0 Å². The molecule has 2 heterocycles. The quantitative estimate of drug-likeness (QED) is 0.875. The van der Waals surface area contributed by atoms with E-state index in [0.717, 1.165) is 43.7 Å². The number of rotatable bonds is 6. The lowest BCUT2D eigenvalue weighted by Gasteiger charge is -2.31. The summed E-state index contributed by atoms with van der Waals surface area (Å²) in [5.74, 6) is 0.0264. The van der Waals surface area contributed by atoms with Crippen LogP contribution >= 0.6 is 0 Å². The molecule has 6 heteroatoms. The Balaban J connectivity index is 1.37. The second-order valence-corrected chi connectivity index (χ2v) is 6.69. The van der Waals surface area contributed by atoms with E-state index in [1.54, 1.807) is 0 Å². The smallest absolute Gasteiger partial charge is 0.223 e. The molecule has 0 bridgehead atoms. The first-order valence-electron chi connectivity index (χ1n) is 8.85. The molecule has 1 N–H and O–H groups in total. The van der Waals surface area contributed by atoms with E-state index in [9.17, 15) is 9.18 Å². The van der Waals surface area contributed by atoms with Crippen LogP contribution in [0.25, 0.3) is 0 Å². The fraction of sp³-hybridized carbons (Fsp3) is 0.474. The Bertz CT molecular complexity index is 690. The molecule has 0 saturated carbocycles. The van der Waals surface area contributed by atoms with Crippen molar-refractivity contribution in [2.45, 2.75) is 32.9 Å². The molecule has 0 unspecified atom stereocenters. The highest BCUT2D eigenvalue weighted by Crippen LogP contribution is 2.19.